The highest BCUT2D eigenvalue weighted by Gasteiger charge is 2.70. The van der Waals surface area contributed by atoms with Gasteiger partial charge in [0, 0.05) is 18.6 Å². The number of benzene rings is 1. The lowest BCUT2D eigenvalue weighted by molar-refractivity contribution is -0.799. The van der Waals surface area contributed by atoms with Crippen molar-refractivity contribution in [2.24, 2.45) is 5.92 Å². The number of quaternary nitrogens is 1. The Balaban J connectivity index is 1.55. The molecule has 3 heterocycles. The fourth-order valence-electron chi connectivity index (χ4n) is 5.45. The van der Waals surface area contributed by atoms with Crippen molar-refractivity contribution in [3.05, 3.63) is 54.2 Å². The molecular formula is C27H35BN4O8. The zero-order valence-electron chi connectivity index (χ0n) is 23.1. The van der Waals surface area contributed by atoms with Crippen LogP contribution < -0.4 is 15.4 Å². The molecule has 2 amide bonds. The molecule has 1 aromatic heterocycles. The molecule has 2 unspecified atom stereocenters. The van der Waals surface area contributed by atoms with Crippen molar-refractivity contribution >= 4 is 30.4 Å². The lowest BCUT2D eigenvalue weighted by atomic mass is 9.58. The van der Waals surface area contributed by atoms with E-state index in [-0.39, 0.29) is 11.6 Å². The predicted molar refractivity (Wildman–Crippen MR) is 143 cm³/mol. The van der Waals surface area contributed by atoms with E-state index in [1.54, 1.807) is 19.2 Å². The summed E-state index contributed by atoms with van der Waals surface area (Å²) in [5.41, 5.74) is 1.46. The molecule has 4 rings (SSSR count). The minimum absolute atomic E-state index is 0.0254. The number of amides is 2. The summed E-state index contributed by atoms with van der Waals surface area (Å²) in [6.45, 7) is 2.66. The van der Waals surface area contributed by atoms with E-state index >= 15 is 0 Å². The number of aliphatic hydroxyl groups excluding tert-OH is 1. The van der Waals surface area contributed by atoms with Crippen LogP contribution in [0.3, 0.4) is 0 Å². The highest BCUT2D eigenvalue weighted by atomic mass is 16.7. The van der Waals surface area contributed by atoms with Crippen molar-refractivity contribution in [3.63, 3.8) is 0 Å². The Kier molecular flexibility index (Phi) is 8.57. The number of aliphatic hydroxyl groups is 1. The average molecular weight is 554 g/mol. The first-order valence-electron chi connectivity index (χ1n) is 13.3. The lowest BCUT2D eigenvalue weighted by Crippen LogP contribution is -3.26. The quantitative estimate of drug-likeness (QED) is 0.219. The van der Waals surface area contributed by atoms with Gasteiger partial charge in [0.25, 0.3) is 11.9 Å². The topological polar surface area (TPSA) is 158 Å². The number of nitrogens with zero attached hydrogens (tertiary/aromatic N) is 1. The van der Waals surface area contributed by atoms with Gasteiger partial charge in [0.15, 0.2) is 12.1 Å². The number of ether oxygens (including phenoxy) is 1. The van der Waals surface area contributed by atoms with Gasteiger partial charge in [0.1, 0.15) is 11.7 Å². The molecule has 7 atom stereocenters. The van der Waals surface area contributed by atoms with Crippen LogP contribution in [0.4, 0.5) is 0 Å². The Morgan fingerprint density at radius 2 is 1.80 bits per heavy atom. The molecule has 0 radical (unpaired) electrons. The maximum Gasteiger partial charge on any atom is 0.548 e. The molecule has 12 nitrogen and oxygen atoms in total. The Hall–Kier alpha value is -3.81. The van der Waals surface area contributed by atoms with E-state index in [1.165, 1.54) is 20.1 Å². The second-order valence-electron chi connectivity index (χ2n) is 10.7. The van der Waals surface area contributed by atoms with E-state index in [2.05, 4.69) is 15.6 Å². The summed E-state index contributed by atoms with van der Waals surface area (Å²) >= 11 is 0. The molecular weight excluding hydrogens is 519 g/mol. The number of rotatable bonds is 10. The summed E-state index contributed by atoms with van der Waals surface area (Å²) in [5, 5.41) is 15.9. The predicted octanol–water partition coefficient (Wildman–Crippen LogP) is -0.751. The minimum Gasteiger partial charge on any atom is -0.612 e. The van der Waals surface area contributed by atoms with Gasteiger partial charge in [0.2, 0.25) is 5.91 Å². The van der Waals surface area contributed by atoms with E-state index in [0.717, 1.165) is 5.56 Å². The van der Waals surface area contributed by atoms with Gasteiger partial charge in [-0.1, -0.05) is 56.7 Å². The minimum atomic E-state index is -2.55. The van der Waals surface area contributed by atoms with Gasteiger partial charge < -0.3 is 34.6 Å². The molecule has 2 aliphatic heterocycles. The Bertz CT molecular complexity index is 1280. The third-order valence-electron chi connectivity index (χ3n) is 7.44. The van der Waals surface area contributed by atoms with Crippen molar-refractivity contribution in [2.45, 2.75) is 57.4 Å². The number of carbonyl (C=O) groups excluding carboxylic acids is 4. The molecule has 2 aliphatic rings. The van der Waals surface area contributed by atoms with E-state index in [1.807, 2.05) is 44.2 Å². The molecule has 1 aromatic carbocycles. The molecule has 40 heavy (non-hydrogen) atoms. The Morgan fingerprint density at radius 1 is 1.10 bits per heavy atom. The van der Waals surface area contributed by atoms with E-state index in [4.69, 9.17) is 14.0 Å². The zero-order chi connectivity index (χ0) is 29.2. The summed E-state index contributed by atoms with van der Waals surface area (Å²) < 4.78 is 16.6. The van der Waals surface area contributed by atoms with Crippen molar-refractivity contribution in [1.29, 1.82) is 0 Å². The third kappa shape index (κ3) is 5.58. The number of esters is 1. The van der Waals surface area contributed by atoms with Crippen molar-refractivity contribution in [3.8, 4) is 11.3 Å². The summed E-state index contributed by atoms with van der Waals surface area (Å²) in [7, 11) is 2.87. The van der Waals surface area contributed by atoms with Crippen LogP contribution in [0, 0.1) is 5.92 Å². The third-order valence-corrected chi connectivity index (χ3v) is 7.44. The zero-order valence-corrected chi connectivity index (χ0v) is 23.1. The van der Waals surface area contributed by atoms with Crippen molar-refractivity contribution < 1.29 is 43.1 Å². The van der Waals surface area contributed by atoms with Crippen LogP contribution >= 0.6 is 0 Å². The Morgan fingerprint density at radius 3 is 2.42 bits per heavy atom. The van der Waals surface area contributed by atoms with E-state index in [9.17, 15) is 24.3 Å². The maximum absolute atomic E-state index is 13.5. The maximum atomic E-state index is 13.5. The van der Waals surface area contributed by atoms with Crippen molar-refractivity contribution in [2.75, 3.05) is 14.2 Å². The molecule has 2 saturated heterocycles. The molecule has 0 spiro atoms. The second kappa shape index (κ2) is 11.7. The van der Waals surface area contributed by atoms with Crippen LogP contribution in [0.25, 0.3) is 11.3 Å². The van der Waals surface area contributed by atoms with Crippen LogP contribution in [0.2, 0.25) is 0 Å². The van der Waals surface area contributed by atoms with Crippen LogP contribution in [0.1, 0.15) is 37.7 Å². The first kappa shape index (κ1) is 29.2. The van der Waals surface area contributed by atoms with E-state index in [0.29, 0.717) is 16.9 Å². The highest BCUT2D eigenvalue weighted by molar-refractivity contribution is 6.65. The van der Waals surface area contributed by atoms with Gasteiger partial charge >= 0.3 is 12.7 Å². The van der Waals surface area contributed by atoms with E-state index < -0.39 is 60.7 Å². The number of fused-ring (bicyclic) bond motifs is 2. The van der Waals surface area contributed by atoms with Crippen LogP contribution in [0.15, 0.2) is 48.5 Å². The number of pyridine rings is 1. The van der Waals surface area contributed by atoms with Gasteiger partial charge in [-0.05, 0) is 25.0 Å². The lowest BCUT2D eigenvalue weighted by Gasteiger charge is -2.43. The van der Waals surface area contributed by atoms with Gasteiger partial charge in [0.05, 0.1) is 18.9 Å². The molecule has 13 heteroatoms. The summed E-state index contributed by atoms with van der Waals surface area (Å²) in [6, 6.07) is 12.0. The number of methoxy groups -OCH3 is 1. The van der Waals surface area contributed by atoms with Crippen LogP contribution in [-0.4, -0.2) is 84.9 Å². The average Bonchev–Trinajstić information content (AvgIpc) is 3.43. The first-order chi connectivity index (χ1) is 19.0. The number of hydrogen-bond donors (Lipinski definition) is 4. The normalized spacial score (nSPS) is 25.6. The molecule has 2 aromatic rings. The smallest absolute Gasteiger partial charge is 0.548 e. The number of aromatic nitrogens is 1. The molecule has 4 N–H and O–H groups in total. The summed E-state index contributed by atoms with van der Waals surface area (Å²) in [5.74, 6) is -3.51. The molecule has 214 valence electrons. The number of likely N-dealkylation sites (N-methyl/N-ethyl adjacent to an activating group) is 1. The molecule has 2 bridgehead atoms. The fraction of sp³-hybridized carbons (Fsp3) is 0.444. The SMILES string of the molecule is COC(=O)[C@H]1[C@H]2O[B-]([C@H](CC(C)C)NC(=O)[C@@H](NC(=O)c3cccc(-c4ccccc4)n3)[C@@H](C)O)(OC2=O)[NH+]1C. The second-order valence-corrected chi connectivity index (χ2v) is 10.7. The number of hydrogen-bond acceptors (Lipinski definition) is 9. The first-order valence-corrected chi connectivity index (χ1v) is 13.3. The van der Waals surface area contributed by atoms with Gasteiger partial charge in [-0.15, -0.1) is 0 Å². The largest absolute Gasteiger partial charge is 0.612 e. The molecule has 0 aliphatic carbocycles. The summed E-state index contributed by atoms with van der Waals surface area (Å²) in [6.07, 6.45) is -2.10. The van der Waals surface area contributed by atoms with Crippen LogP contribution in [-0.2, 0) is 28.4 Å². The monoisotopic (exact) mass is 554 g/mol. The fourth-order valence-corrected chi connectivity index (χ4v) is 5.45. The molecule has 0 saturated carbocycles. The van der Waals surface area contributed by atoms with Gasteiger partial charge in [-0.3, -0.25) is 14.4 Å². The van der Waals surface area contributed by atoms with Gasteiger partial charge in [-0.25, -0.2) is 9.78 Å². The summed E-state index contributed by atoms with van der Waals surface area (Å²) in [4.78, 5) is 56.6. The Labute approximate surface area is 232 Å². The standard InChI is InChI=1S/C27H35BN4O8/c1-15(2)14-20(28-32(4)22(26(36)38-5)23(39-28)27(37)40-28)30-25(35)21(16(3)33)31-24(34)19-13-9-12-18(29-19)17-10-7-6-8-11-17/h6-13,15-16,20-23,32-33H,14H2,1-5H3,(H,30,35)(H,31,34)/t16-,20+,21+,22-,23-,28?/m1/s1. The molecule has 2 fully saturated rings. The number of nitrogens with one attached hydrogen (secondary N) is 3. The van der Waals surface area contributed by atoms with Crippen molar-refractivity contribution in [1.82, 2.24) is 15.6 Å². The van der Waals surface area contributed by atoms with Gasteiger partial charge in [-0.2, -0.15) is 0 Å². The van der Waals surface area contributed by atoms with Crippen LogP contribution in [0.5, 0.6) is 0 Å². The highest BCUT2D eigenvalue weighted by Crippen LogP contribution is 2.30. The number of carbonyl (C=O) groups is 4.